The van der Waals surface area contributed by atoms with E-state index in [9.17, 15) is 4.79 Å². The van der Waals surface area contributed by atoms with Crippen LogP contribution in [0.25, 0.3) is 0 Å². The van der Waals surface area contributed by atoms with Gasteiger partial charge in [-0.15, -0.1) is 0 Å². The predicted octanol–water partition coefficient (Wildman–Crippen LogP) is 2.41. The molecule has 2 fully saturated rings. The van der Waals surface area contributed by atoms with Crippen LogP contribution in [0, 0.1) is 11.3 Å². The van der Waals surface area contributed by atoms with E-state index >= 15 is 0 Å². The van der Waals surface area contributed by atoms with Crippen LogP contribution < -0.4 is 5.32 Å². The Hall–Kier alpha value is -0.570. The molecule has 1 unspecified atom stereocenters. The van der Waals surface area contributed by atoms with E-state index in [2.05, 4.69) is 19.2 Å². The van der Waals surface area contributed by atoms with Crippen molar-refractivity contribution in [2.45, 2.75) is 58.4 Å². The number of nitrogens with one attached hydrogen (secondary N) is 1. The van der Waals surface area contributed by atoms with Crippen molar-refractivity contribution in [3.8, 4) is 0 Å². The Morgan fingerprint density at radius 3 is 2.56 bits per heavy atom. The predicted molar refractivity (Wildman–Crippen MR) is 74.4 cm³/mol. The number of hydrogen-bond donors (Lipinski definition) is 1. The van der Waals surface area contributed by atoms with Crippen molar-refractivity contribution in [1.29, 1.82) is 0 Å². The van der Waals surface area contributed by atoms with Crippen LogP contribution in [-0.2, 0) is 4.79 Å². The van der Waals surface area contributed by atoms with Crippen LogP contribution in [0.1, 0.15) is 52.4 Å². The van der Waals surface area contributed by atoms with Crippen LogP contribution in [0.15, 0.2) is 0 Å². The molecule has 1 atom stereocenters. The molecule has 1 saturated heterocycles. The van der Waals surface area contributed by atoms with Gasteiger partial charge in [0, 0.05) is 20.1 Å². The van der Waals surface area contributed by atoms with Gasteiger partial charge in [-0.25, -0.2) is 0 Å². The van der Waals surface area contributed by atoms with E-state index in [1.54, 1.807) is 0 Å². The molecule has 1 heterocycles. The molecule has 0 aromatic carbocycles. The third-order valence-corrected chi connectivity index (χ3v) is 4.66. The first-order valence-electron chi connectivity index (χ1n) is 7.51. The van der Waals surface area contributed by atoms with Gasteiger partial charge in [0.2, 0.25) is 5.91 Å². The van der Waals surface area contributed by atoms with E-state index in [1.807, 2.05) is 11.9 Å². The normalized spacial score (nSPS) is 27.4. The second kappa shape index (κ2) is 5.60. The first kappa shape index (κ1) is 13.9. The molecule has 0 spiro atoms. The standard InChI is InChI=1S/C15H28N2O/c1-12(2)10-15(7-4-5-8-15)11-16-13-6-9-17(3)14(13)18/h12-13,16H,4-11H2,1-3H3. The number of likely N-dealkylation sites (tertiary alicyclic amines) is 1. The van der Waals surface area contributed by atoms with Crippen molar-refractivity contribution in [3.63, 3.8) is 0 Å². The Bertz CT molecular complexity index is 295. The molecule has 3 nitrogen and oxygen atoms in total. The Balaban J connectivity index is 1.88. The highest BCUT2D eigenvalue weighted by Gasteiger charge is 2.36. The maximum Gasteiger partial charge on any atom is 0.239 e. The van der Waals surface area contributed by atoms with E-state index in [4.69, 9.17) is 0 Å². The fourth-order valence-corrected chi connectivity index (χ4v) is 3.80. The second-order valence-corrected chi connectivity index (χ2v) is 6.79. The van der Waals surface area contributed by atoms with E-state index in [-0.39, 0.29) is 11.9 Å². The van der Waals surface area contributed by atoms with Crippen LogP contribution in [-0.4, -0.2) is 37.0 Å². The van der Waals surface area contributed by atoms with Gasteiger partial charge >= 0.3 is 0 Å². The highest BCUT2D eigenvalue weighted by atomic mass is 16.2. The fraction of sp³-hybridized carbons (Fsp3) is 0.933. The van der Waals surface area contributed by atoms with Gasteiger partial charge in [-0.05, 0) is 37.0 Å². The summed E-state index contributed by atoms with van der Waals surface area (Å²) < 4.78 is 0. The lowest BCUT2D eigenvalue weighted by atomic mass is 9.78. The quantitative estimate of drug-likeness (QED) is 0.815. The van der Waals surface area contributed by atoms with Crippen molar-refractivity contribution >= 4 is 5.91 Å². The fourth-order valence-electron chi connectivity index (χ4n) is 3.80. The topological polar surface area (TPSA) is 32.3 Å². The lowest BCUT2D eigenvalue weighted by Gasteiger charge is -2.32. The number of hydrogen-bond acceptors (Lipinski definition) is 2. The Labute approximate surface area is 111 Å². The smallest absolute Gasteiger partial charge is 0.239 e. The average molecular weight is 252 g/mol. The number of carbonyl (C=O) groups excluding carboxylic acids is 1. The first-order valence-corrected chi connectivity index (χ1v) is 7.51. The zero-order valence-electron chi connectivity index (χ0n) is 12.2. The Kier molecular flexibility index (Phi) is 4.31. The van der Waals surface area contributed by atoms with E-state index in [0.29, 0.717) is 5.41 Å². The molecule has 0 aromatic heterocycles. The summed E-state index contributed by atoms with van der Waals surface area (Å²) in [5.74, 6) is 1.04. The number of amides is 1. The van der Waals surface area contributed by atoms with Gasteiger partial charge in [-0.2, -0.15) is 0 Å². The molecule has 0 bridgehead atoms. The molecular weight excluding hydrogens is 224 g/mol. The zero-order chi connectivity index (χ0) is 13.2. The zero-order valence-corrected chi connectivity index (χ0v) is 12.2. The monoisotopic (exact) mass is 252 g/mol. The molecular formula is C15H28N2O. The van der Waals surface area contributed by atoms with Crippen LogP contribution in [0.4, 0.5) is 0 Å². The molecule has 1 amide bonds. The van der Waals surface area contributed by atoms with Gasteiger partial charge in [-0.1, -0.05) is 26.7 Å². The van der Waals surface area contributed by atoms with Gasteiger partial charge in [0.05, 0.1) is 6.04 Å². The molecule has 0 radical (unpaired) electrons. The average Bonchev–Trinajstić information content (AvgIpc) is 2.87. The minimum absolute atomic E-state index is 0.0830. The molecule has 2 aliphatic rings. The molecule has 1 aliphatic heterocycles. The SMILES string of the molecule is CC(C)CC1(CNC2CCN(C)C2=O)CCCC1. The van der Waals surface area contributed by atoms with Crippen molar-refractivity contribution in [2.75, 3.05) is 20.1 Å². The number of likely N-dealkylation sites (N-methyl/N-ethyl adjacent to an activating group) is 1. The van der Waals surface area contributed by atoms with E-state index < -0.39 is 0 Å². The van der Waals surface area contributed by atoms with E-state index in [0.717, 1.165) is 25.4 Å². The Morgan fingerprint density at radius 2 is 2.06 bits per heavy atom. The van der Waals surface area contributed by atoms with Crippen molar-refractivity contribution in [2.24, 2.45) is 11.3 Å². The number of carbonyl (C=O) groups is 1. The summed E-state index contributed by atoms with van der Waals surface area (Å²) in [6.45, 7) is 6.58. The van der Waals surface area contributed by atoms with Gasteiger partial charge < -0.3 is 10.2 Å². The molecule has 1 saturated carbocycles. The van der Waals surface area contributed by atoms with E-state index in [1.165, 1.54) is 32.1 Å². The van der Waals surface area contributed by atoms with Gasteiger partial charge in [0.1, 0.15) is 0 Å². The summed E-state index contributed by atoms with van der Waals surface area (Å²) >= 11 is 0. The van der Waals surface area contributed by atoms with Gasteiger partial charge in [0.15, 0.2) is 0 Å². The van der Waals surface area contributed by atoms with Gasteiger partial charge in [-0.3, -0.25) is 4.79 Å². The van der Waals surface area contributed by atoms with Crippen LogP contribution in [0.2, 0.25) is 0 Å². The molecule has 18 heavy (non-hydrogen) atoms. The largest absolute Gasteiger partial charge is 0.344 e. The maximum atomic E-state index is 11.9. The van der Waals surface area contributed by atoms with Crippen LogP contribution >= 0.6 is 0 Å². The van der Waals surface area contributed by atoms with Crippen molar-refractivity contribution in [3.05, 3.63) is 0 Å². The molecule has 104 valence electrons. The minimum atomic E-state index is 0.0830. The number of nitrogens with zero attached hydrogens (tertiary/aromatic N) is 1. The maximum absolute atomic E-state index is 11.9. The van der Waals surface area contributed by atoms with Gasteiger partial charge in [0.25, 0.3) is 0 Å². The lowest BCUT2D eigenvalue weighted by Crippen LogP contribution is -2.43. The summed E-state index contributed by atoms with van der Waals surface area (Å²) in [4.78, 5) is 13.7. The first-order chi connectivity index (χ1) is 8.52. The molecule has 2 rings (SSSR count). The molecule has 0 aromatic rings. The highest BCUT2D eigenvalue weighted by Crippen LogP contribution is 2.42. The third-order valence-electron chi connectivity index (χ3n) is 4.66. The Morgan fingerprint density at radius 1 is 1.39 bits per heavy atom. The van der Waals surface area contributed by atoms with Crippen molar-refractivity contribution < 1.29 is 4.79 Å². The van der Waals surface area contributed by atoms with Crippen molar-refractivity contribution in [1.82, 2.24) is 10.2 Å². The third kappa shape index (κ3) is 3.05. The number of rotatable bonds is 5. The molecule has 1 aliphatic carbocycles. The van der Waals surface area contributed by atoms with Crippen LogP contribution in [0.3, 0.4) is 0 Å². The van der Waals surface area contributed by atoms with Crippen LogP contribution in [0.5, 0.6) is 0 Å². The summed E-state index contributed by atoms with van der Waals surface area (Å²) in [7, 11) is 1.91. The summed E-state index contributed by atoms with van der Waals surface area (Å²) in [6.07, 6.45) is 7.70. The summed E-state index contributed by atoms with van der Waals surface area (Å²) in [6, 6.07) is 0.0830. The lowest BCUT2D eigenvalue weighted by molar-refractivity contribution is -0.128. The second-order valence-electron chi connectivity index (χ2n) is 6.79. The minimum Gasteiger partial charge on any atom is -0.344 e. The molecule has 1 N–H and O–H groups in total. The summed E-state index contributed by atoms with van der Waals surface area (Å²) in [5, 5.41) is 3.56. The summed E-state index contributed by atoms with van der Waals surface area (Å²) in [5.41, 5.74) is 0.468. The highest BCUT2D eigenvalue weighted by molar-refractivity contribution is 5.83. The molecule has 3 heteroatoms.